The van der Waals surface area contributed by atoms with E-state index in [1.807, 2.05) is 12.1 Å². The van der Waals surface area contributed by atoms with Crippen LogP contribution in [0.15, 0.2) is 70.3 Å². The van der Waals surface area contributed by atoms with Crippen LogP contribution in [0.25, 0.3) is 0 Å². The molecule has 2 aromatic carbocycles. The Hall–Kier alpha value is -2.64. The molecule has 25 heavy (non-hydrogen) atoms. The SMILES string of the molecule is CC(=O)c1cccc(Nc2ccc(NS(=O)(=O)c3cccs3)cc2)c1. The third-order valence-electron chi connectivity index (χ3n) is 3.45. The monoisotopic (exact) mass is 372 g/mol. The number of Topliss-reactive ketones (excluding diaryl/α,β-unsaturated/α-hetero) is 1. The number of hydrogen-bond donors (Lipinski definition) is 2. The Morgan fingerprint density at radius 1 is 0.920 bits per heavy atom. The number of ketones is 1. The van der Waals surface area contributed by atoms with Crippen molar-refractivity contribution < 1.29 is 13.2 Å². The number of anilines is 3. The molecule has 0 amide bonds. The average Bonchev–Trinajstić information content (AvgIpc) is 3.12. The summed E-state index contributed by atoms with van der Waals surface area (Å²) in [7, 11) is -3.55. The number of hydrogen-bond acceptors (Lipinski definition) is 5. The van der Waals surface area contributed by atoms with Crippen LogP contribution < -0.4 is 10.0 Å². The second-order valence-electron chi connectivity index (χ2n) is 5.38. The number of thiophene rings is 1. The van der Waals surface area contributed by atoms with Crippen molar-refractivity contribution in [2.24, 2.45) is 0 Å². The van der Waals surface area contributed by atoms with Gasteiger partial charge in [0, 0.05) is 22.6 Å². The molecule has 7 heteroatoms. The Bertz CT molecular complexity index is 979. The molecule has 0 unspecified atom stereocenters. The van der Waals surface area contributed by atoms with E-state index in [2.05, 4.69) is 10.0 Å². The van der Waals surface area contributed by atoms with Crippen LogP contribution >= 0.6 is 11.3 Å². The molecule has 0 saturated carbocycles. The van der Waals surface area contributed by atoms with Gasteiger partial charge in [-0.2, -0.15) is 0 Å². The molecule has 3 rings (SSSR count). The molecule has 0 aliphatic carbocycles. The normalized spacial score (nSPS) is 11.1. The van der Waals surface area contributed by atoms with E-state index in [0.29, 0.717) is 11.3 Å². The Labute approximate surface area is 150 Å². The summed E-state index contributed by atoms with van der Waals surface area (Å²) in [5.41, 5.74) is 2.70. The zero-order valence-electron chi connectivity index (χ0n) is 13.4. The largest absolute Gasteiger partial charge is 0.356 e. The molecule has 0 atom stereocenters. The maximum atomic E-state index is 12.2. The Kier molecular flexibility index (Phi) is 4.87. The molecule has 0 aliphatic heterocycles. The predicted octanol–water partition coefficient (Wildman–Crippen LogP) is 4.50. The Balaban J connectivity index is 1.72. The average molecular weight is 372 g/mol. The minimum atomic E-state index is -3.55. The van der Waals surface area contributed by atoms with Gasteiger partial charge in [0.15, 0.2) is 5.78 Å². The van der Waals surface area contributed by atoms with Crippen molar-refractivity contribution in [2.45, 2.75) is 11.1 Å². The van der Waals surface area contributed by atoms with Crippen molar-refractivity contribution >= 4 is 44.2 Å². The number of rotatable bonds is 6. The summed E-state index contributed by atoms with van der Waals surface area (Å²) >= 11 is 1.17. The summed E-state index contributed by atoms with van der Waals surface area (Å²) in [6.45, 7) is 1.52. The number of nitrogens with one attached hydrogen (secondary N) is 2. The summed E-state index contributed by atoms with van der Waals surface area (Å²) in [6.07, 6.45) is 0. The standard InChI is InChI=1S/C18H16N2O3S2/c1-13(21)14-4-2-5-17(12-14)19-15-7-9-16(10-8-15)20-25(22,23)18-6-3-11-24-18/h2-12,19-20H,1H3. The number of benzene rings is 2. The lowest BCUT2D eigenvalue weighted by Crippen LogP contribution is -2.11. The maximum absolute atomic E-state index is 12.2. The summed E-state index contributed by atoms with van der Waals surface area (Å²) in [4.78, 5) is 11.4. The number of sulfonamides is 1. The van der Waals surface area contributed by atoms with E-state index in [0.717, 1.165) is 11.4 Å². The molecule has 0 aliphatic rings. The lowest BCUT2D eigenvalue weighted by Gasteiger charge is -2.10. The fourth-order valence-corrected chi connectivity index (χ4v) is 4.28. The van der Waals surface area contributed by atoms with Crippen LogP contribution in [-0.2, 0) is 10.0 Å². The molecular weight excluding hydrogens is 356 g/mol. The Morgan fingerprint density at radius 2 is 1.64 bits per heavy atom. The van der Waals surface area contributed by atoms with Gasteiger partial charge in [0.25, 0.3) is 10.0 Å². The van der Waals surface area contributed by atoms with Gasteiger partial charge >= 0.3 is 0 Å². The zero-order chi connectivity index (χ0) is 17.9. The van der Waals surface area contributed by atoms with Crippen molar-refractivity contribution in [1.29, 1.82) is 0 Å². The van der Waals surface area contributed by atoms with E-state index < -0.39 is 10.0 Å². The molecule has 5 nitrogen and oxygen atoms in total. The molecule has 3 aromatic rings. The smallest absolute Gasteiger partial charge is 0.271 e. The second-order valence-corrected chi connectivity index (χ2v) is 8.23. The summed E-state index contributed by atoms with van der Waals surface area (Å²) in [6, 6.07) is 17.4. The summed E-state index contributed by atoms with van der Waals surface area (Å²) in [5, 5.41) is 4.91. The molecule has 0 saturated heterocycles. The minimum Gasteiger partial charge on any atom is -0.356 e. The van der Waals surface area contributed by atoms with Gasteiger partial charge in [-0.05, 0) is 54.8 Å². The van der Waals surface area contributed by atoms with Gasteiger partial charge in [-0.25, -0.2) is 8.42 Å². The molecule has 2 N–H and O–H groups in total. The van der Waals surface area contributed by atoms with E-state index in [-0.39, 0.29) is 9.99 Å². The van der Waals surface area contributed by atoms with Gasteiger partial charge in [-0.3, -0.25) is 9.52 Å². The lowest BCUT2D eigenvalue weighted by atomic mass is 10.1. The third kappa shape index (κ3) is 4.26. The van der Waals surface area contributed by atoms with Gasteiger partial charge in [0.05, 0.1) is 0 Å². The van der Waals surface area contributed by atoms with E-state index in [9.17, 15) is 13.2 Å². The highest BCUT2D eigenvalue weighted by atomic mass is 32.2. The van der Waals surface area contributed by atoms with Crippen LogP contribution in [-0.4, -0.2) is 14.2 Å². The first-order valence-electron chi connectivity index (χ1n) is 7.48. The summed E-state index contributed by atoms with van der Waals surface area (Å²) in [5.74, 6) is 0.00183. The van der Waals surface area contributed by atoms with E-state index in [4.69, 9.17) is 0 Å². The summed E-state index contributed by atoms with van der Waals surface area (Å²) < 4.78 is 27.2. The molecule has 0 spiro atoms. The van der Waals surface area contributed by atoms with Gasteiger partial charge in [0.1, 0.15) is 4.21 Å². The third-order valence-corrected chi connectivity index (χ3v) is 6.23. The van der Waals surface area contributed by atoms with Crippen molar-refractivity contribution in [1.82, 2.24) is 0 Å². The van der Waals surface area contributed by atoms with E-state index in [1.165, 1.54) is 18.3 Å². The van der Waals surface area contributed by atoms with Crippen LogP contribution in [0.4, 0.5) is 17.1 Å². The van der Waals surface area contributed by atoms with Crippen molar-refractivity contribution in [3.63, 3.8) is 0 Å². The first kappa shape index (κ1) is 17.2. The van der Waals surface area contributed by atoms with Crippen molar-refractivity contribution in [3.05, 3.63) is 71.6 Å². The highest BCUT2D eigenvalue weighted by Crippen LogP contribution is 2.23. The van der Waals surface area contributed by atoms with Gasteiger partial charge < -0.3 is 5.32 Å². The van der Waals surface area contributed by atoms with Crippen LogP contribution in [0.1, 0.15) is 17.3 Å². The van der Waals surface area contributed by atoms with Crippen LogP contribution in [0.5, 0.6) is 0 Å². The van der Waals surface area contributed by atoms with Crippen LogP contribution in [0.3, 0.4) is 0 Å². The molecule has 0 radical (unpaired) electrons. The number of carbonyl (C=O) groups is 1. The maximum Gasteiger partial charge on any atom is 0.271 e. The second kappa shape index (κ2) is 7.08. The molecular formula is C18H16N2O3S2. The molecule has 1 heterocycles. The van der Waals surface area contributed by atoms with Crippen LogP contribution in [0.2, 0.25) is 0 Å². The molecule has 128 valence electrons. The molecule has 0 bridgehead atoms. The van der Waals surface area contributed by atoms with Crippen molar-refractivity contribution in [2.75, 3.05) is 10.0 Å². The van der Waals surface area contributed by atoms with Gasteiger partial charge in [-0.1, -0.05) is 18.2 Å². The first-order chi connectivity index (χ1) is 11.9. The Morgan fingerprint density at radius 3 is 2.28 bits per heavy atom. The fraction of sp³-hybridized carbons (Fsp3) is 0.0556. The quantitative estimate of drug-likeness (QED) is 0.625. The van der Waals surface area contributed by atoms with E-state index in [1.54, 1.807) is 53.9 Å². The lowest BCUT2D eigenvalue weighted by molar-refractivity contribution is 0.101. The molecule has 0 fully saturated rings. The van der Waals surface area contributed by atoms with Gasteiger partial charge in [0.2, 0.25) is 0 Å². The topological polar surface area (TPSA) is 75.3 Å². The van der Waals surface area contributed by atoms with Gasteiger partial charge in [-0.15, -0.1) is 11.3 Å². The fourth-order valence-electron chi connectivity index (χ4n) is 2.23. The highest BCUT2D eigenvalue weighted by Gasteiger charge is 2.14. The van der Waals surface area contributed by atoms with Crippen molar-refractivity contribution in [3.8, 4) is 0 Å². The molecule has 1 aromatic heterocycles. The number of carbonyl (C=O) groups excluding carboxylic acids is 1. The predicted molar refractivity (Wildman–Crippen MR) is 101 cm³/mol. The highest BCUT2D eigenvalue weighted by molar-refractivity contribution is 7.94. The minimum absolute atomic E-state index is 0.00183. The van der Waals surface area contributed by atoms with Crippen LogP contribution in [0, 0.1) is 0 Å². The first-order valence-corrected chi connectivity index (χ1v) is 9.85. The zero-order valence-corrected chi connectivity index (χ0v) is 15.0. The van der Waals surface area contributed by atoms with E-state index >= 15 is 0 Å².